The van der Waals surface area contributed by atoms with Crippen molar-refractivity contribution in [2.75, 3.05) is 13.1 Å². The Morgan fingerprint density at radius 3 is 2.75 bits per heavy atom. The number of likely N-dealkylation sites (tertiary alicyclic amines) is 1. The lowest BCUT2D eigenvalue weighted by atomic mass is 9.95. The largest absolute Gasteiger partial charge is 0.359 e. The van der Waals surface area contributed by atoms with E-state index in [0.717, 1.165) is 25.3 Å². The number of hydrogen-bond acceptors (Lipinski definition) is 5. The molecule has 0 atom stereocenters. The van der Waals surface area contributed by atoms with E-state index in [1.165, 1.54) is 29.7 Å². The number of nitrogens with zero attached hydrogens (tertiary/aromatic N) is 4. The summed E-state index contributed by atoms with van der Waals surface area (Å²) in [6, 6.07) is 3.60. The molecule has 2 aromatic rings. The van der Waals surface area contributed by atoms with Crippen molar-refractivity contribution in [1.29, 1.82) is 0 Å². The molecule has 0 aliphatic carbocycles. The summed E-state index contributed by atoms with van der Waals surface area (Å²) in [6.45, 7) is 9.78. The number of nitrogens with one attached hydrogen (secondary N) is 2. The Kier molecular flexibility index (Phi) is 5.09. The molecule has 0 spiro atoms. The third kappa shape index (κ3) is 3.49. The fourth-order valence-corrected chi connectivity index (χ4v) is 4.09. The van der Waals surface area contributed by atoms with Crippen LogP contribution in [0.5, 0.6) is 0 Å². The first-order valence-corrected chi connectivity index (χ1v) is 9.86. The Morgan fingerprint density at radius 2 is 2.07 bits per heavy atom. The Hall–Kier alpha value is -2.80. The molecular formula is C21H26N6O. The van der Waals surface area contributed by atoms with E-state index in [2.05, 4.69) is 51.4 Å². The number of aromatic amines is 1. The minimum absolute atomic E-state index is 0.219. The number of carbonyl (C=O) groups is 1. The molecule has 0 unspecified atom stereocenters. The molecule has 2 aromatic heterocycles. The molecule has 1 fully saturated rings. The summed E-state index contributed by atoms with van der Waals surface area (Å²) in [5, 5.41) is 12.2. The molecule has 7 heteroatoms. The van der Waals surface area contributed by atoms with Crippen LogP contribution in [0.25, 0.3) is 6.08 Å². The van der Waals surface area contributed by atoms with Crippen LogP contribution < -0.4 is 5.43 Å². The summed E-state index contributed by atoms with van der Waals surface area (Å²) < 4.78 is 0. The molecule has 4 heterocycles. The Balaban J connectivity index is 1.74. The second-order valence-electron chi connectivity index (χ2n) is 7.76. The van der Waals surface area contributed by atoms with Crippen molar-refractivity contribution in [2.24, 2.45) is 5.10 Å². The summed E-state index contributed by atoms with van der Waals surface area (Å²) in [7, 11) is 0. The quantitative estimate of drug-likeness (QED) is 0.784. The second-order valence-corrected chi connectivity index (χ2v) is 7.76. The fourth-order valence-electron chi connectivity index (χ4n) is 4.09. The maximum atomic E-state index is 12.4. The molecule has 2 aliphatic rings. The van der Waals surface area contributed by atoms with Crippen molar-refractivity contribution in [3.8, 4) is 0 Å². The van der Waals surface area contributed by atoms with Gasteiger partial charge >= 0.3 is 0 Å². The Bertz CT molecular complexity index is 935. The molecule has 4 rings (SSSR count). The number of rotatable bonds is 5. The van der Waals surface area contributed by atoms with E-state index in [1.807, 2.05) is 12.1 Å². The van der Waals surface area contributed by atoms with E-state index in [4.69, 9.17) is 0 Å². The van der Waals surface area contributed by atoms with Crippen LogP contribution >= 0.6 is 0 Å². The zero-order chi connectivity index (χ0) is 19.7. The lowest BCUT2D eigenvalue weighted by molar-refractivity contribution is -0.116. The van der Waals surface area contributed by atoms with E-state index < -0.39 is 0 Å². The fraction of sp³-hybridized carbons (Fsp3) is 0.429. The zero-order valence-electron chi connectivity index (χ0n) is 16.6. The monoisotopic (exact) mass is 378 g/mol. The SMILES string of the molecule is Cc1[nH]c(/C=C2/C(=O)NN=C2c2cccnn2)c(C(C)C)c1CN1CCCC1. The average Bonchev–Trinajstić information content (AvgIpc) is 3.38. The lowest BCUT2D eigenvalue weighted by Crippen LogP contribution is -2.19. The highest BCUT2D eigenvalue weighted by molar-refractivity contribution is 6.32. The smallest absolute Gasteiger partial charge is 0.273 e. The Morgan fingerprint density at radius 1 is 1.29 bits per heavy atom. The topological polar surface area (TPSA) is 86.3 Å². The van der Waals surface area contributed by atoms with Crippen LogP contribution in [0.3, 0.4) is 0 Å². The molecule has 1 amide bonds. The van der Waals surface area contributed by atoms with Gasteiger partial charge in [0.25, 0.3) is 5.91 Å². The van der Waals surface area contributed by atoms with E-state index in [9.17, 15) is 4.79 Å². The van der Waals surface area contributed by atoms with Gasteiger partial charge in [-0.15, -0.1) is 5.10 Å². The minimum atomic E-state index is -0.219. The van der Waals surface area contributed by atoms with E-state index in [-0.39, 0.29) is 5.91 Å². The number of aryl methyl sites for hydroxylation is 1. The van der Waals surface area contributed by atoms with Crippen LogP contribution in [0.1, 0.15) is 60.8 Å². The van der Waals surface area contributed by atoms with Gasteiger partial charge in [-0.25, -0.2) is 5.43 Å². The minimum Gasteiger partial charge on any atom is -0.359 e. The summed E-state index contributed by atoms with van der Waals surface area (Å²) in [6.07, 6.45) is 6.06. The van der Waals surface area contributed by atoms with Crippen molar-refractivity contribution < 1.29 is 4.79 Å². The van der Waals surface area contributed by atoms with Gasteiger partial charge < -0.3 is 4.98 Å². The number of carbonyl (C=O) groups excluding carboxylic acids is 1. The number of amides is 1. The van der Waals surface area contributed by atoms with Crippen molar-refractivity contribution in [3.63, 3.8) is 0 Å². The summed E-state index contributed by atoms with van der Waals surface area (Å²) in [5.41, 5.74) is 8.94. The highest BCUT2D eigenvalue weighted by Crippen LogP contribution is 2.31. The van der Waals surface area contributed by atoms with Crippen molar-refractivity contribution in [2.45, 2.75) is 46.1 Å². The van der Waals surface area contributed by atoms with Gasteiger partial charge in [0.2, 0.25) is 0 Å². The first-order chi connectivity index (χ1) is 13.5. The predicted octanol–water partition coefficient (Wildman–Crippen LogP) is 2.75. The molecule has 1 saturated heterocycles. The molecule has 0 bridgehead atoms. The number of H-pyrrole nitrogens is 1. The van der Waals surface area contributed by atoms with E-state index in [1.54, 1.807) is 12.3 Å². The Labute approximate surface area is 164 Å². The highest BCUT2D eigenvalue weighted by Gasteiger charge is 2.27. The van der Waals surface area contributed by atoms with Crippen LogP contribution in [0, 0.1) is 6.92 Å². The number of hydrazone groups is 1. The van der Waals surface area contributed by atoms with Gasteiger partial charge in [0.05, 0.1) is 5.57 Å². The third-order valence-corrected chi connectivity index (χ3v) is 5.42. The first kappa shape index (κ1) is 18.6. The molecule has 0 radical (unpaired) electrons. The van der Waals surface area contributed by atoms with Gasteiger partial charge in [-0.1, -0.05) is 13.8 Å². The standard InChI is InChI=1S/C21H26N6O/c1-13(2)19-16(12-27-9-4-5-10-27)14(3)23-18(19)11-15-20(25-26-21(15)28)17-7-6-8-22-24-17/h6-8,11,13,23H,4-5,9-10,12H2,1-3H3,(H,26,28)/b15-11+. The van der Waals surface area contributed by atoms with Crippen LogP contribution in [0.4, 0.5) is 0 Å². The molecular weight excluding hydrogens is 352 g/mol. The highest BCUT2D eigenvalue weighted by atomic mass is 16.2. The van der Waals surface area contributed by atoms with Crippen molar-refractivity contribution >= 4 is 17.7 Å². The van der Waals surface area contributed by atoms with Crippen molar-refractivity contribution in [1.82, 2.24) is 25.5 Å². The van der Waals surface area contributed by atoms with Crippen LogP contribution in [0.15, 0.2) is 29.0 Å². The van der Waals surface area contributed by atoms with Gasteiger partial charge in [0, 0.05) is 24.1 Å². The lowest BCUT2D eigenvalue weighted by Gasteiger charge is -2.17. The molecule has 2 N–H and O–H groups in total. The van der Waals surface area contributed by atoms with Gasteiger partial charge in [-0.3, -0.25) is 9.69 Å². The second kappa shape index (κ2) is 7.67. The van der Waals surface area contributed by atoms with E-state index in [0.29, 0.717) is 22.9 Å². The number of aromatic nitrogens is 3. The normalized spacial score (nSPS) is 18.9. The average molecular weight is 378 g/mol. The summed E-state index contributed by atoms with van der Waals surface area (Å²) in [4.78, 5) is 18.5. The van der Waals surface area contributed by atoms with Crippen LogP contribution in [-0.2, 0) is 11.3 Å². The maximum Gasteiger partial charge on any atom is 0.273 e. The van der Waals surface area contributed by atoms with Gasteiger partial charge in [-0.05, 0) is 68.1 Å². The van der Waals surface area contributed by atoms with E-state index >= 15 is 0 Å². The molecule has 0 saturated carbocycles. The van der Waals surface area contributed by atoms with Crippen LogP contribution in [-0.4, -0.2) is 44.8 Å². The molecule has 146 valence electrons. The molecule has 7 nitrogen and oxygen atoms in total. The number of hydrogen-bond donors (Lipinski definition) is 2. The predicted molar refractivity (Wildman–Crippen MR) is 109 cm³/mol. The third-order valence-electron chi connectivity index (χ3n) is 5.42. The summed E-state index contributed by atoms with van der Waals surface area (Å²) in [5.74, 6) is 0.125. The molecule has 2 aliphatic heterocycles. The van der Waals surface area contributed by atoms with Crippen molar-refractivity contribution in [3.05, 3.63) is 52.1 Å². The van der Waals surface area contributed by atoms with Gasteiger partial charge in [0.15, 0.2) is 0 Å². The summed E-state index contributed by atoms with van der Waals surface area (Å²) >= 11 is 0. The first-order valence-electron chi connectivity index (χ1n) is 9.86. The molecule has 28 heavy (non-hydrogen) atoms. The maximum absolute atomic E-state index is 12.4. The van der Waals surface area contributed by atoms with Crippen LogP contribution in [0.2, 0.25) is 0 Å². The van der Waals surface area contributed by atoms with Gasteiger partial charge in [0.1, 0.15) is 11.4 Å². The molecule has 0 aromatic carbocycles. The zero-order valence-corrected chi connectivity index (χ0v) is 16.6. The van der Waals surface area contributed by atoms with Gasteiger partial charge in [-0.2, -0.15) is 10.2 Å².